The third kappa shape index (κ3) is 12.6. The van der Waals surface area contributed by atoms with Crippen LogP contribution in [0.3, 0.4) is 0 Å². The number of aromatic nitrogens is 1. The second-order valence-electron chi connectivity index (χ2n) is 11.9. The lowest BCUT2D eigenvalue weighted by Crippen LogP contribution is -2.49. The molecule has 0 atom stereocenters. The summed E-state index contributed by atoms with van der Waals surface area (Å²) >= 11 is 1.70. The quantitative estimate of drug-likeness (QED) is 0.120. The van der Waals surface area contributed by atoms with Gasteiger partial charge in [0, 0.05) is 80.9 Å². The zero-order valence-corrected chi connectivity index (χ0v) is 28.4. The smallest absolute Gasteiger partial charge is 0.317 e. The van der Waals surface area contributed by atoms with Crippen molar-refractivity contribution in [1.29, 1.82) is 0 Å². The Morgan fingerprint density at radius 2 is 1.33 bits per heavy atom. The van der Waals surface area contributed by atoms with Crippen molar-refractivity contribution in [1.82, 2.24) is 29.9 Å². The molecular weight excluding hydrogens is 648 g/mol. The molecule has 3 aromatic rings. The SMILES string of the molecule is O=CCN1CCN(CC(=O)O)CCN(CC(=O)NCCCSc2ccc(-c3ccc4nccc(C=O)c4c3)cc2)CCN(CC(=O)O)CC1. The van der Waals surface area contributed by atoms with E-state index >= 15 is 0 Å². The standard InChI is InChI=1S/C35H44N6O7S/c42-20-19-38-11-13-40(24-34(45)46)17-15-39(16-18-41(14-12-38)25-35(47)48)23-33(44)37-9-1-21-49-30-5-2-27(3-6-30)28-4-7-32-31(22-28)29(26-43)8-10-36-32/h2-8,10,20,22,26H,1,9,11-19,21,23-25H2,(H,37,44)(H,45,46)(H,47,48). The average molecular weight is 693 g/mol. The van der Waals surface area contributed by atoms with Gasteiger partial charge in [0.15, 0.2) is 6.29 Å². The van der Waals surface area contributed by atoms with Gasteiger partial charge in [0.25, 0.3) is 0 Å². The maximum atomic E-state index is 12.9. The van der Waals surface area contributed by atoms with E-state index in [-0.39, 0.29) is 32.1 Å². The summed E-state index contributed by atoms with van der Waals surface area (Å²) in [4.78, 5) is 71.4. The van der Waals surface area contributed by atoms with E-state index in [9.17, 15) is 34.2 Å². The minimum atomic E-state index is -0.948. The van der Waals surface area contributed by atoms with Crippen molar-refractivity contribution in [2.24, 2.45) is 0 Å². The number of hydrogen-bond acceptors (Lipinski definition) is 11. The van der Waals surface area contributed by atoms with Gasteiger partial charge in [-0.1, -0.05) is 18.2 Å². The first-order chi connectivity index (χ1) is 23.7. The Kier molecular flexibility index (Phi) is 15.1. The number of carbonyl (C=O) groups excluding carboxylic acids is 3. The van der Waals surface area contributed by atoms with Gasteiger partial charge in [0.1, 0.15) is 6.29 Å². The van der Waals surface area contributed by atoms with Gasteiger partial charge in [-0.05, 0) is 53.6 Å². The lowest BCUT2D eigenvalue weighted by Gasteiger charge is -2.32. The molecular formula is C35H44N6O7S. The van der Waals surface area contributed by atoms with Crippen LogP contribution in [0.2, 0.25) is 0 Å². The molecule has 1 aliphatic heterocycles. The van der Waals surface area contributed by atoms with Crippen LogP contribution in [0.5, 0.6) is 0 Å². The van der Waals surface area contributed by atoms with Crippen molar-refractivity contribution in [3.05, 3.63) is 60.3 Å². The summed E-state index contributed by atoms with van der Waals surface area (Å²) in [6, 6.07) is 15.8. The number of amides is 1. The number of carbonyl (C=O) groups is 5. The summed E-state index contributed by atoms with van der Waals surface area (Å²) < 4.78 is 0. The molecule has 3 N–H and O–H groups in total. The number of carboxylic acid groups (broad SMARTS) is 2. The number of hydrogen-bond donors (Lipinski definition) is 3. The van der Waals surface area contributed by atoms with Crippen molar-refractivity contribution < 1.29 is 34.2 Å². The number of benzene rings is 2. The van der Waals surface area contributed by atoms with Crippen molar-refractivity contribution in [2.75, 3.05) is 90.8 Å². The molecule has 0 radical (unpaired) electrons. The maximum Gasteiger partial charge on any atom is 0.317 e. The average Bonchev–Trinajstić information content (AvgIpc) is 3.08. The fourth-order valence-corrected chi connectivity index (χ4v) is 6.52. The largest absolute Gasteiger partial charge is 0.480 e. The van der Waals surface area contributed by atoms with Gasteiger partial charge in [-0.2, -0.15) is 0 Å². The van der Waals surface area contributed by atoms with Crippen molar-refractivity contribution in [3.63, 3.8) is 0 Å². The molecule has 13 nitrogen and oxygen atoms in total. The van der Waals surface area contributed by atoms with Gasteiger partial charge < -0.3 is 20.3 Å². The molecule has 0 unspecified atom stereocenters. The van der Waals surface area contributed by atoms with Crippen LogP contribution in [0.1, 0.15) is 16.8 Å². The molecule has 0 spiro atoms. The molecule has 14 heteroatoms. The Morgan fingerprint density at radius 3 is 1.90 bits per heavy atom. The van der Waals surface area contributed by atoms with Crippen LogP contribution >= 0.6 is 11.8 Å². The van der Waals surface area contributed by atoms with Crippen molar-refractivity contribution >= 4 is 53.1 Å². The highest BCUT2D eigenvalue weighted by Crippen LogP contribution is 2.27. The Bertz CT molecular complexity index is 1540. The molecule has 1 aliphatic rings. The summed E-state index contributed by atoms with van der Waals surface area (Å²) in [6.45, 7) is 4.04. The van der Waals surface area contributed by atoms with E-state index < -0.39 is 11.9 Å². The molecule has 49 heavy (non-hydrogen) atoms. The predicted molar refractivity (Wildman–Crippen MR) is 188 cm³/mol. The van der Waals surface area contributed by atoms with Crippen LogP contribution in [0.15, 0.2) is 59.6 Å². The molecule has 2 heterocycles. The fourth-order valence-electron chi connectivity index (χ4n) is 5.67. The Morgan fingerprint density at radius 1 is 0.755 bits per heavy atom. The highest BCUT2D eigenvalue weighted by Gasteiger charge is 2.20. The highest BCUT2D eigenvalue weighted by atomic mass is 32.2. The number of carboxylic acids is 2. The van der Waals surface area contributed by atoms with Crippen molar-refractivity contribution in [2.45, 2.75) is 11.3 Å². The third-order valence-electron chi connectivity index (χ3n) is 8.35. The summed E-state index contributed by atoms with van der Waals surface area (Å²) in [5.74, 6) is -1.23. The zero-order chi connectivity index (χ0) is 35.0. The first-order valence-electron chi connectivity index (χ1n) is 16.3. The first kappa shape index (κ1) is 37.6. The van der Waals surface area contributed by atoms with Crippen LogP contribution in [0, 0.1) is 0 Å². The van der Waals surface area contributed by atoms with Gasteiger partial charge in [-0.25, -0.2) is 0 Å². The number of nitrogens with zero attached hydrogens (tertiary/aromatic N) is 5. The zero-order valence-electron chi connectivity index (χ0n) is 27.5. The van der Waals surface area contributed by atoms with Crippen molar-refractivity contribution in [3.8, 4) is 11.1 Å². The van der Waals surface area contributed by atoms with Gasteiger partial charge >= 0.3 is 11.9 Å². The number of pyridine rings is 1. The second-order valence-corrected chi connectivity index (χ2v) is 13.1. The minimum absolute atomic E-state index is 0.118. The molecule has 0 saturated carbocycles. The van der Waals surface area contributed by atoms with E-state index in [1.807, 2.05) is 28.0 Å². The van der Waals surface area contributed by atoms with E-state index in [1.165, 1.54) is 0 Å². The molecule has 1 saturated heterocycles. The van der Waals surface area contributed by atoms with E-state index in [2.05, 4.69) is 34.6 Å². The lowest BCUT2D eigenvalue weighted by molar-refractivity contribution is -0.139. The maximum absolute atomic E-state index is 12.9. The Hall–Kier alpha value is -4.21. The fraction of sp³-hybridized carbons (Fsp3) is 0.429. The molecule has 0 aliphatic carbocycles. The Labute approximate surface area is 290 Å². The third-order valence-corrected chi connectivity index (χ3v) is 9.45. The molecule has 1 aromatic heterocycles. The van der Waals surface area contributed by atoms with Crippen LogP contribution in [0.25, 0.3) is 22.0 Å². The molecule has 1 fully saturated rings. The van der Waals surface area contributed by atoms with E-state index in [1.54, 1.807) is 33.8 Å². The molecule has 1 amide bonds. The number of aldehydes is 2. The summed E-state index contributed by atoms with van der Waals surface area (Å²) in [5.41, 5.74) is 3.43. The number of aliphatic carboxylic acids is 2. The van der Waals surface area contributed by atoms with Crippen LogP contribution in [0.4, 0.5) is 0 Å². The monoisotopic (exact) mass is 692 g/mol. The van der Waals surface area contributed by atoms with Gasteiger partial charge in [-0.15, -0.1) is 11.8 Å². The highest BCUT2D eigenvalue weighted by molar-refractivity contribution is 7.99. The van der Waals surface area contributed by atoms with E-state index in [0.717, 1.165) is 51.7 Å². The van der Waals surface area contributed by atoms with E-state index in [4.69, 9.17) is 0 Å². The topological polar surface area (TPSA) is 164 Å². The molecule has 262 valence electrons. The first-order valence-corrected chi connectivity index (χ1v) is 17.3. The number of rotatable bonds is 15. The Balaban J connectivity index is 1.25. The van der Waals surface area contributed by atoms with E-state index in [0.29, 0.717) is 64.5 Å². The number of nitrogens with one attached hydrogen (secondary N) is 1. The van der Waals surface area contributed by atoms with Gasteiger partial charge in [0.2, 0.25) is 5.91 Å². The minimum Gasteiger partial charge on any atom is -0.480 e. The van der Waals surface area contributed by atoms with Gasteiger partial charge in [-0.3, -0.25) is 43.8 Å². The normalized spacial score (nSPS) is 16.0. The molecule has 2 aromatic carbocycles. The van der Waals surface area contributed by atoms with Crippen LogP contribution in [-0.2, 0) is 19.2 Å². The van der Waals surface area contributed by atoms with Crippen LogP contribution < -0.4 is 5.32 Å². The summed E-state index contributed by atoms with van der Waals surface area (Å²) in [6.07, 6.45) is 4.04. The molecule has 0 bridgehead atoms. The summed E-state index contributed by atoms with van der Waals surface area (Å²) in [5, 5.41) is 22.6. The lowest BCUT2D eigenvalue weighted by atomic mass is 10.0. The van der Waals surface area contributed by atoms with Crippen LogP contribution in [-0.4, -0.2) is 156 Å². The van der Waals surface area contributed by atoms with Gasteiger partial charge in [0.05, 0.1) is 31.7 Å². The molecule has 4 rings (SSSR count). The number of fused-ring (bicyclic) bond motifs is 1. The predicted octanol–water partition coefficient (Wildman–Crippen LogP) is 1.90. The number of thioether (sulfide) groups is 1. The summed E-state index contributed by atoms with van der Waals surface area (Å²) in [7, 11) is 0. The second kappa shape index (κ2) is 19.7.